The summed E-state index contributed by atoms with van der Waals surface area (Å²) in [5, 5.41) is 26.3. The first-order valence-corrected chi connectivity index (χ1v) is 20.8. The Morgan fingerprint density at radius 3 is 2.08 bits per heavy atom. The molecule has 1 aliphatic rings. The van der Waals surface area contributed by atoms with Crippen LogP contribution in [0.1, 0.15) is 110 Å². The second kappa shape index (κ2) is 23.5. The van der Waals surface area contributed by atoms with Crippen LogP contribution in [-0.2, 0) is 35.1 Å². The lowest BCUT2D eigenvalue weighted by atomic mass is 10.0. The van der Waals surface area contributed by atoms with Crippen molar-refractivity contribution in [3.63, 3.8) is 0 Å². The molecule has 0 aromatic heterocycles. The number of aliphatic carboxylic acids is 1. The van der Waals surface area contributed by atoms with Crippen molar-refractivity contribution in [3.05, 3.63) is 59.7 Å². The summed E-state index contributed by atoms with van der Waals surface area (Å²) in [5.74, 6) is -3.25. The summed E-state index contributed by atoms with van der Waals surface area (Å²) in [6.07, 6.45) is 3.20. The minimum absolute atomic E-state index is 0.0901. The Bertz CT molecular complexity index is 1690. The molecule has 0 unspecified atom stereocenters. The lowest BCUT2D eigenvalue weighted by Gasteiger charge is -2.28. The van der Waals surface area contributed by atoms with Crippen molar-refractivity contribution < 1.29 is 43.3 Å². The Kier molecular flexibility index (Phi) is 19.3. The molecular weight excluding hydrogens is 757 g/mol. The highest BCUT2D eigenvalue weighted by Crippen LogP contribution is 2.21. The van der Waals surface area contributed by atoms with Crippen LogP contribution in [0.3, 0.4) is 0 Å². The van der Waals surface area contributed by atoms with E-state index in [1.54, 1.807) is 39.8 Å². The van der Waals surface area contributed by atoms with Crippen LogP contribution in [-0.4, -0.2) is 102 Å². The molecule has 1 aliphatic heterocycles. The van der Waals surface area contributed by atoms with Crippen molar-refractivity contribution in [2.45, 2.75) is 142 Å². The molecule has 1 heterocycles. The fraction of sp³-hybridized carbons (Fsp3) is 0.591. The fourth-order valence-electron chi connectivity index (χ4n) is 6.36. The van der Waals surface area contributed by atoms with Crippen molar-refractivity contribution in [1.29, 1.82) is 0 Å². The third-order valence-electron chi connectivity index (χ3n) is 9.73. The van der Waals surface area contributed by atoms with Crippen LogP contribution in [0.5, 0.6) is 0 Å². The van der Waals surface area contributed by atoms with Crippen LogP contribution in [0, 0.1) is 5.92 Å². The Balaban J connectivity index is 1.54. The number of hydrogen-bond donors (Lipinski definition) is 7. The number of hydrogen-bond acceptors (Lipinski definition) is 9. The Labute approximate surface area is 348 Å². The first kappa shape index (κ1) is 48.3. The third-order valence-corrected chi connectivity index (χ3v) is 9.73. The number of unbranched alkanes of at least 4 members (excludes halogenated alkanes) is 2. The Morgan fingerprint density at radius 2 is 1.49 bits per heavy atom. The van der Waals surface area contributed by atoms with E-state index in [0.29, 0.717) is 31.6 Å². The highest BCUT2D eigenvalue weighted by molar-refractivity contribution is 5.96. The third kappa shape index (κ3) is 17.0. The molecule has 3 rings (SSSR count). The summed E-state index contributed by atoms with van der Waals surface area (Å²) in [4.78, 5) is 77.2. The minimum Gasteiger partial charge on any atom is -0.480 e. The van der Waals surface area contributed by atoms with E-state index >= 15 is 0 Å². The molecule has 326 valence electrons. The maximum Gasteiger partial charge on any atom is 0.407 e. The minimum atomic E-state index is -1.24. The van der Waals surface area contributed by atoms with E-state index in [1.807, 2.05) is 26.0 Å². The molecule has 0 aliphatic carbocycles. The zero-order valence-electron chi connectivity index (χ0n) is 35.9. The molecule has 0 bridgehead atoms. The summed E-state index contributed by atoms with van der Waals surface area (Å²) in [7, 11) is 0. The smallest absolute Gasteiger partial charge is 0.407 e. The average molecular weight is 823 g/mol. The highest BCUT2D eigenvalue weighted by Gasteiger charge is 2.36. The molecule has 0 spiro atoms. The Morgan fingerprint density at radius 1 is 0.847 bits per heavy atom. The van der Waals surface area contributed by atoms with Gasteiger partial charge in [0.2, 0.25) is 17.7 Å². The zero-order valence-corrected chi connectivity index (χ0v) is 35.9. The van der Waals surface area contributed by atoms with Gasteiger partial charge in [-0.05, 0) is 108 Å². The van der Waals surface area contributed by atoms with E-state index < -0.39 is 65.7 Å². The average Bonchev–Trinajstić information content (AvgIpc) is 3.65. The van der Waals surface area contributed by atoms with Gasteiger partial charge >= 0.3 is 12.1 Å². The second-order valence-electron chi connectivity index (χ2n) is 16.7. The molecule has 2 aromatic rings. The summed E-state index contributed by atoms with van der Waals surface area (Å²) >= 11 is 0. The van der Waals surface area contributed by atoms with Gasteiger partial charge in [-0.3, -0.25) is 19.2 Å². The molecule has 0 saturated carbocycles. The lowest BCUT2D eigenvalue weighted by Crippen LogP contribution is -2.59. The van der Waals surface area contributed by atoms with E-state index in [2.05, 4.69) is 63.1 Å². The summed E-state index contributed by atoms with van der Waals surface area (Å²) in [6, 6.07) is 11.2. The SMILES string of the molecule is CCCCc1ccc(-c2ccc(C(=O)N[C@@H]3CN[C@H](C(=O)N[C@H](C(=O)N[C@@H](C)C(=O)N[C@@H](CCCCNC(=O)OC(C)(C)C)C(=O)O)[C@@H](C)OCC(C)C)C3)cc2)cc1. The number of aryl methyl sites for hydroxylation is 1. The van der Waals surface area contributed by atoms with Crippen molar-refractivity contribution in [1.82, 2.24) is 31.9 Å². The number of nitrogens with one attached hydrogen (secondary N) is 6. The predicted octanol–water partition coefficient (Wildman–Crippen LogP) is 4.47. The van der Waals surface area contributed by atoms with Crippen molar-refractivity contribution in [2.75, 3.05) is 19.7 Å². The summed E-state index contributed by atoms with van der Waals surface area (Å²) < 4.78 is 11.1. The number of amides is 5. The molecule has 1 fully saturated rings. The number of benzene rings is 2. The number of alkyl carbamates (subject to hydrolysis) is 1. The van der Waals surface area contributed by atoms with E-state index in [4.69, 9.17) is 9.47 Å². The largest absolute Gasteiger partial charge is 0.480 e. The predicted molar refractivity (Wildman–Crippen MR) is 226 cm³/mol. The highest BCUT2D eigenvalue weighted by atomic mass is 16.6. The van der Waals surface area contributed by atoms with Crippen LogP contribution in [0.2, 0.25) is 0 Å². The van der Waals surface area contributed by atoms with Crippen molar-refractivity contribution in [2.24, 2.45) is 5.92 Å². The quantitative estimate of drug-likeness (QED) is 0.0828. The lowest BCUT2D eigenvalue weighted by molar-refractivity contribution is -0.142. The second-order valence-corrected chi connectivity index (χ2v) is 16.7. The van der Waals surface area contributed by atoms with Gasteiger partial charge < -0.3 is 46.5 Å². The maximum atomic E-state index is 13.6. The fourth-order valence-corrected chi connectivity index (χ4v) is 6.36. The van der Waals surface area contributed by atoms with Crippen LogP contribution in [0.4, 0.5) is 4.79 Å². The van der Waals surface area contributed by atoms with Gasteiger partial charge in [0, 0.05) is 31.3 Å². The number of carbonyl (C=O) groups excluding carboxylic acids is 5. The number of carbonyl (C=O) groups is 6. The van der Waals surface area contributed by atoms with Gasteiger partial charge in [-0.15, -0.1) is 0 Å². The first-order valence-electron chi connectivity index (χ1n) is 20.8. The van der Waals surface area contributed by atoms with Crippen LogP contribution in [0.25, 0.3) is 11.1 Å². The first-order chi connectivity index (χ1) is 27.9. The van der Waals surface area contributed by atoms with Gasteiger partial charge in [0.25, 0.3) is 5.91 Å². The van der Waals surface area contributed by atoms with E-state index in [9.17, 15) is 33.9 Å². The van der Waals surface area contributed by atoms with Crippen molar-refractivity contribution >= 4 is 35.7 Å². The van der Waals surface area contributed by atoms with Gasteiger partial charge in [0.15, 0.2) is 0 Å². The molecule has 59 heavy (non-hydrogen) atoms. The van der Waals surface area contributed by atoms with Gasteiger partial charge in [0.1, 0.15) is 23.7 Å². The van der Waals surface area contributed by atoms with E-state index in [0.717, 1.165) is 30.4 Å². The van der Waals surface area contributed by atoms with Crippen LogP contribution >= 0.6 is 0 Å². The van der Waals surface area contributed by atoms with Gasteiger partial charge in [-0.2, -0.15) is 0 Å². The molecule has 7 N–H and O–H groups in total. The van der Waals surface area contributed by atoms with E-state index in [1.165, 1.54) is 12.5 Å². The monoisotopic (exact) mass is 822 g/mol. The molecule has 2 aromatic carbocycles. The number of carboxylic acid groups (broad SMARTS) is 1. The molecule has 0 radical (unpaired) electrons. The number of rotatable bonds is 22. The van der Waals surface area contributed by atoms with Crippen LogP contribution in [0.15, 0.2) is 48.5 Å². The van der Waals surface area contributed by atoms with Gasteiger partial charge in [-0.1, -0.05) is 63.6 Å². The molecule has 15 nitrogen and oxygen atoms in total. The molecular formula is C44H66N6O9. The zero-order chi connectivity index (χ0) is 43.7. The normalized spacial score (nSPS) is 17.2. The molecule has 1 saturated heterocycles. The number of carboxylic acids is 1. The van der Waals surface area contributed by atoms with E-state index in [-0.39, 0.29) is 37.3 Å². The summed E-state index contributed by atoms with van der Waals surface area (Å²) in [6.45, 7) is 15.3. The number of ether oxygens (including phenoxy) is 2. The van der Waals surface area contributed by atoms with Crippen molar-refractivity contribution in [3.8, 4) is 11.1 Å². The van der Waals surface area contributed by atoms with Gasteiger partial charge in [0.05, 0.1) is 12.1 Å². The molecule has 15 heteroatoms. The van der Waals surface area contributed by atoms with Gasteiger partial charge in [-0.25, -0.2) is 9.59 Å². The van der Waals surface area contributed by atoms with Crippen LogP contribution < -0.4 is 31.9 Å². The standard InChI is InChI=1S/C44H66N6O9/c1-9-10-13-30-15-17-31(18-16-30)32-19-21-33(22-20-32)39(52)48-34-24-36(46-25-34)40(53)50-37(29(5)58-26-27(2)3)41(54)47-28(4)38(51)49-35(42(55)56)14-11-12-23-45-43(57)59-44(6,7)8/h15-22,27-29,34-37,46H,9-14,23-26H2,1-8H3,(H,45,57)(H,47,54)(H,48,52)(H,49,51)(H,50,53)(H,55,56)/t28-,29+,34-,35-,36-,37-/m0/s1. The molecule has 5 amide bonds. The summed E-state index contributed by atoms with van der Waals surface area (Å²) in [5.41, 5.74) is 3.23. The topological polar surface area (TPSA) is 213 Å². The Hall–Kier alpha value is -5.02. The molecule has 6 atom stereocenters. The maximum absolute atomic E-state index is 13.6.